The van der Waals surface area contributed by atoms with Gasteiger partial charge in [0.05, 0.1) is 0 Å². The lowest BCUT2D eigenvalue weighted by Gasteiger charge is -1.98. The molecule has 0 aromatic heterocycles. The second-order valence-corrected chi connectivity index (χ2v) is 3.22. The molecule has 0 radical (unpaired) electrons. The van der Waals surface area contributed by atoms with E-state index in [4.69, 9.17) is 11.5 Å². The van der Waals surface area contributed by atoms with Crippen LogP contribution >= 0.6 is 0 Å². The smallest absolute Gasteiger partial charge is 0.303 e. The molecule has 0 unspecified atom stereocenters. The largest absolute Gasteiger partial charge is 0.481 e. The third-order valence-corrected chi connectivity index (χ3v) is 1.96. The van der Waals surface area contributed by atoms with E-state index >= 15 is 0 Å². The Morgan fingerprint density at radius 3 is 2.15 bits per heavy atom. The molecule has 0 saturated carbocycles. The summed E-state index contributed by atoms with van der Waals surface area (Å²) in [5.74, 6) is 1.92. The Hall–Kier alpha value is -0.970. The molecular weight excluding hydrogens is 164 g/mol. The first-order valence-electron chi connectivity index (χ1n) is 4.92. The van der Waals surface area contributed by atoms with Crippen LogP contribution in [0.4, 0.5) is 0 Å². The van der Waals surface area contributed by atoms with Gasteiger partial charge in [-0.15, -0.1) is 12.3 Å². The number of aliphatic carboxylic acids is 1. The molecule has 0 spiro atoms. The van der Waals surface area contributed by atoms with Crippen molar-refractivity contribution in [1.82, 2.24) is 0 Å². The summed E-state index contributed by atoms with van der Waals surface area (Å²) in [5.41, 5.74) is 0. The van der Waals surface area contributed by atoms with Crippen molar-refractivity contribution in [3.63, 3.8) is 0 Å². The predicted octanol–water partition coefficient (Wildman–Crippen LogP) is 2.83. The van der Waals surface area contributed by atoms with Gasteiger partial charge in [0.15, 0.2) is 0 Å². The summed E-state index contributed by atoms with van der Waals surface area (Å²) >= 11 is 0. The fourth-order valence-corrected chi connectivity index (χ4v) is 1.21. The molecule has 0 aromatic rings. The molecule has 0 aliphatic rings. The first-order chi connectivity index (χ1) is 6.27. The standard InChI is InChI=1S/C11H18O2/c1-2-3-4-5-6-7-8-9-10-11(12)13/h1H,3-10H2,(H,12,13). The number of rotatable bonds is 8. The molecule has 13 heavy (non-hydrogen) atoms. The zero-order valence-corrected chi connectivity index (χ0v) is 8.09. The maximum Gasteiger partial charge on any atom is 0.303 e. The Morgan fingerprint density at radius 2 is 1.62 bits per heavy atom. The van der Waals surface area contributed by atoms with Crippen LogP contribution in [0, 0.1) is 12.3 Å². The van der Waals surface area contributed by atoms with Crippen molar-refractivity contribution >= 4 is 5.97 Å². The van der Waals surface area contributed by atoms with Crippen molar-refractivity contribution in [2.45, 2.75) is 51.4 Å². The molecule has 0 bridgehead atoms. The van der Waals surface area contributed by atoms with Crippen molar-refractivity contribution in [3.8, 4) is 12.3 Å². The van der Waals surface area contributed by atoms with Crippen LogP contribution in [0.3, 0.4) is 0 Å². The second kappa shape index (κ2) is 9.12. The fraction of sp³-hybridized carbons (Fsp3) is 0.727. The minimum absolute atomic E-state index is 0.310. The Bertz CT molecular complexity index is 167. The van der Waals surface area contributed by atoms with Crippen LogP contribution in [0.5, 0.6) is 0 Å². The highest BCUT2D eigenvalue weighted by Gasteiger charge is 1.95. The monoisotopic (exact) mass is 182 g/mol. The van der Waals surface area contributed by atoms with Gasteiger partial charge in [-0.05, 0) is 12.8 Å². The number of unbranched alkanes of at least 4 members (excludes halogenated alkanes) is 6. The summed E-state index contributed by atoms with van der Waals surface area (Å²) in [6, 6.07) is 0. The maximum atomic E-state index is 10.2. The molecule has 2 nitrogen and oxygen atoms in total. The van der Waals surface area contributed by atoms with E-state index in [2.05, 4.69) is 5.92 Å². The van der Waals surface area contributed by atoms with Gasteiger partial charge < -0.3 is 5.11 Å². The van der Waals surface area contributed by atoms with Crippen molar-refractivity contribution < 1.29 is 9.90 Å². The van der Waals surface area contributed by atoms with E-state index < -0.39 is 5.97 Å². The highest BCUT2D eigenvalue weighted by atomic mass is 16.4. The zero-order valence-electron chi connectivity index (χ0n) is 8.09. The van der Waals surface area contributed by atoms with Gasteiger partial charge in [-0.2, -0.15) is 0 Å². The van der Waals surface area contributed by atoms with Gasteiger partial charge in [-0.3, -0.25) is 4.79 Å². The number of carboxylic acid groups (broad SMARTS) is 1. The summed E-state index contributed by atoms with van der Waals surface area (Å²) in [5, 5.41) is 8.36. The number of carboxylic acids is 1. The molecule has 0 amide bonds. The highest BCUT2D eigenvalue weighted by molar-refractivity contribution is 5.66. The molecule has 2 heteroatoms. The molecule has 0 heterocycles. The van der Waals surface area contributed by atoms with E-state index in [0.717, 1.165) is 32.1 Å². The summed E-state index contributed by atoms with van der Waals surface area (Å²) in [6.45, 7) is 0. The van der Waals surface area contributed by atoms with E-state index in [0.29, 0.717) is 6.42 Å². The molecule has 0 rings (SSSR count). The van der Waals surface area contributed by atoms with E-state index in [1.54, 1.807) is 0 Å². The van der Waals surface area contributed by atoms with Crippen LogP contribution in [0.15, 0.2) is 0 Å². The Morgan fingerprint density at radius 1 is 1.08 bits per heavy atom. The second-order valence-electron chi connectivity index (χ2n) is 3.22. The van der Waals surface area contributed by atoms with E-state index in [1.165, 1.54) is 12.8 Å². The number of hydrogen-bond acceptors (Lipinski definition) is 1. The van der Waals surface area contributed by atoms with Gasteiger partial charge in [0, 0.05) is 12.8 Å². The molecule has 0 saturated heterocycles. The van der Waals surface area contributed by atoms with Crippen molar-refractivity contribution in [2.75, 3.05) is 0 Å². The normalized spacial score (nSPS) is 9.46. The Labute approximate surface area is 80.3 Å². The van der Waals surface area contributed by atoms with Crippen LogP contribution < -0.4 is 0 Å². The lowest BCUT2D eigenvalue weighted by Crippen LogP contribution is -1.93. The third kappa shape index (κ3) is 11.0. The number of carbonyl (C=O) groups is 1. The van der Waals surface area contributed by atoms with Gasteiger partial charge in [-0.1, -0.05) is 25.7 Å². The van der Waals surface area contributed by atoms with Crippen LogP contribution in [0.1, 0.15) is 51.4 Å². The first kappa shape index (κ1) is 12.0. The quantitative estimate of drug-likeness (QED) is 0.463. The van der Waals surface area contributed by atoms with Crippen molar-refractivity contribution in [2.24, 2.45) is 0 Å². The minimum Gasteiger partial charge on any atom is -0.481 e. The first-order valence-corrected chi connectivity index (χ1v) is 4.92. The van der Waals surface area contributed by atoms with Gasteiger partial charge >= 0.3 is 5.97 Å². The molecule has 0 aliphatic heterocycles. The van der Waals surface area contributed by atoms with Gasteiger partial charge in [0.25, 0.3) is 0 Å². The van der Waals surface area contributed by atoms with E-state index in [1.807, 2.05) is 0 Å². The summed E-state index contributed by atoms with van der Waals surface area (Å²) in [7, 11) is 0. The van der Waals surface area contributed by atoms with Gasteiger partial charge in [-0.25, -0.2) is 0 Å². The predicted molar refractivity (Wildman–Crippen MR) is 53.4 cm³/mol. The topological polar surface area (TPSA) is 37.3 Å². The van der Waals surface area contributed by atoms with Crippen LogP contribution in [-0.2, 0) is 4.79 Å². The van der Waals surface area contributed by atoms with Crippen LogP contribution in [0.25, 0.3) is 0 Å². The third-order valence-electron chi connectivity index (χ3n) is 1.96. The van der Waals surface area contributed by atoms with Gasteiger partial charge in [0.1, 0.15) is 0 Å². The van der Waals surface area contributed by atoms with Crippen molar-refractivity contribution in [3.05, 3.63) is 0 Å². The highest BCUT2D eigenvalue weighted by Crippen LogP contribution is 2.07. The average molecular weight is 182 g/mol. The van der Waals surface area contributed by atoms with Gasteiger partial charge in [0.2, 0.25) is 0 Å². The molecule has 0 aromatic carbocycles. The van der Waals surface area contributed by atoms with Crippen LogP contribution in [-0.4, -0.2) is 11.1 Å². The van der Waals surface area contributed by atoms with Crippen molar-refractivity contribution in [1.29, 1.82) is 0 Å². The fourth-order valence-electron chi connectivity index (χ4n) is 1.21. The molecule has 0 fully saturated rings. The summed E-state index contributed by atoms with van der Waals surface area (Å²) < 4.78 is 0. The number of terminal acetylenes is 1. The Kier molecular flexibility index (Phi) is 8.44. The minimum atomic E-state index is -0.688. The molecular formula is C11H18O2. The van der Waals surface area contributed by atoms with E-state index in [-0.39, 0.29) is 0 Å². The molecule has 1 N–H and O–H groups in total. The lowest BCUT2D eigenvalue weighted by molar-refractivity contribution is -0.137. The van der Waals surface area contributed by atoms with E-state index in [9.17, 15) is 4.79 Å². The lowest BCUT2D eigenvalue weighted by atomic mass is 10.1. The summed E-state index contributed by atoms with van der Waals surface area (Å²) in [4.78, 5) is 10.2. The zero-order chi connectivity index (χ0) is 9.94. The SMILES string of the molecule is C#CCCCCCCCCC(=O)O. The molecule has 0 atom stereocenters. The number of hydrogen-bond donors (Lipinski definition) is 1. The maximum absolute atomic E-state index is 10.2. The molecule has 74 valence electrons. The van der Waals surface area contributed by atoms with Crippen LogP contribution in [0.2, 0.25) is 0 Å². The molecule has 0 aliphatic carbocycles. The Balaban J connectivity index is 2.92. The summed E-state index contributed by atoms with van der Waals surface area (Å²) in [6.07, 6.45) is 12.7. The average Bonchev–Trinajstić information content (AvgIpc) is 2.09.